The maximum atomic E-state index is 14.5. The van der Waals surface area contributed by atoms with E-state index in [4.69, 9.17) is 5.26 Å². The van der Waals surface area contributed by atoms with Crippen LogP contribution in [0, 0.1) is 23.0 Å². The third kappa shape index (κ3) is 3.91. The number of H-pyrrole nitrogens is 1. The van der Waals surface area contributed by atoms with Gasteiger partial charge in [0.2, 0.25) is 0 Å². The first-order chi connectivity index (χ1) is 12.9. The van der Waals surface area contributed by atoms with E-state index in [1.807, 2.05) is 6.07 Å². The monoisotopic (exact) mass is 366 g/mol. The average molecular weight is 366 g/mol. The third-order valence-electron chi connectivity index (χ3n) is 4.36. The van der Waals surface area contributed by atoms with Crippen LogP contribution in [-0.2, 0) is 12.0 Å². The number of nitrogens with zero attached hydrogens (tertiary/aromatic N) is 3. The van der Waals surface area contributed by atoms with Crippen molar-refractivity contribution in [2.75, 3.05) is 0 Å². The molecule has 0 aliphatic rings. The Hall–Kier alpha value is -3.37. The number of hydrogen-bond donors (Lipinski definition) is 2. The van der Waals surface area contributed by atoms with Gasteiger partial charge in [-0.05, 0) is 42.3 Å². The molecule has 2 aromatic carbocycles. The zero-order valence-electron chi connectivity index (χ0n) is 14.4. The summed E-state index contributed by atoms with van der Waals surface area (Å²) in [4.78, 5) is 0. The lowest BCUT2D eigenvalue weighted by atomic mass is 9.82. The maximum absolute atomic E-state index is 14.5. The molecule has 0 spiro atoms. The number of aromatic amines is 1. The van der Waals surface area contributed by atoms with E-state index in [0.717, 1.165) is 17.7 Å². The van der Waals surface area contributed by atoms with E-state index < -0.39 is 17.2 Å². The lowest BCUT2D eigenvalue weighted by molar-refractivity contribution is 0.0725. The molecule has 27 heavy (non-hydrogen) atoms. The van der Waals surface area contributed by atoms with Gasteiger partial charge in [-0.15, -0.1) is 5.10 Å². The van der Waals surface area contributed by atoms with Crippen LogP contribution in [0.5, 0.6) is 0 Å². The van der Waals surface area contributed by atoms with Gasteiger partial charge in [-0.1, -0.05) is 23.4 Å². The van der Waals surface area contributed by atoms with E-state index >= 15 is 0 Å². The predicted octanol–water partition coefficient (Wildman–Crippen LogP) is 3.49. The van der Waals surface area contributed by atoms with Gasteiger partial charge in [0, 0.05) is 24.2 Å². The summed E-state index contributed by atoms with van der Waals surface area (Å²) in [6.07, 6.45) is 3.14. The Labute approximate surface area is 154 Å². The summed E-state index contributed by atoms with van der Waals surface area (Å²) in [5.41, 5.74) is 0.270. The summed E-state index contributed by atoms with van der Waals surface area (Å²) in [7, 11) is 0. The van der Waals surface area contributed by atoms with Gasteiger partial charge in [0.15, 0.2) is 0 Å². The van der Waals surface area contributed by atoms with Crippen LogP contribution < -0.4 is 0 Å². The first-order valence-electron chi connectivity index (χ1n) is 8.14. The van der Waals surface area contributed by atoms with Crippen molar-refractivity contribution in [1.82, 2.24) is 15.4 Å². The van der Waals surface area contributed by atoms with E-state index in [2.05, 4.69) is 15.4 Å². The van der Waals surface area contributed by atoms with Gasteiger partial charge in [0.05, 0.1) is 17.3 Å². The number of hydrogen-bond acceptors (Lipinski definition) is 4. The predicted molar refractivity (Wildman–Crippen MR) is 95.1 cm³/mol. The van der Waals surface area contributed by atoms with Crippen LogP contribution >= 0.6 is 0 Å². The van der Waals surface area contributed by atoms with Crippen LogP contribution in [-0.4, -0.2) is 20.5 Å². The number of benzene rings is 2. The second-order valence-electron chi connectivity index (χ2n) is 6.19. The molecule has 0 bridgehead atoms. The minimum absolute atomic E-state index is 0.0509. The van der Waals surface area contributed by atoms with Crippen LogP contribution in [0.15, 0.2) is 54.2 Å². The Morgan fingerprint density at radius 3 is 2.59 bits per heavy atom. The Bertz CT molecular complexity index is 1010. The quantitative estimate of drug-likeness (QED) is 0.724. The molecule has 3 rings (SSSR count). The van der Waals surface area contributed by atoms with E-state index in [0.29, 0.717) is 16.8 Å². The van der Waals surface area contributed by atoms with Crippen molar-refractivity contribution in [3.05, 3.63) is 88.3 Å². The molecule has 0 aliphatic heterocycles. The first-order valence-corrected chi connectivity index (χ1v) is 8.14. The van der Waals surface area contributed by atoms with Crippen LogP contribution in [0.3, 0.4) is 0 Å². The summed E-state index contributed by atoms with van der Waals surface area (Å²) in [5, 5.41) is 30.3. The molecule has 0 aliphatic carbocycles. The highest BCUT2D eigenvalue weighted by Gasteiger charge is 2.35. The summed E-state index contributed by atoms with van der Waals surface area (Å²) in [6, 6.07) is 11.8. The normalized spacial score (nSPS) is 13.8. The maximum Gasteiger partial charge on any atom is 0.132 e. The minimum Gasteiger partial charge on any atom is -0.380 e. The topological polar surface area (TPSA) is 85.6 Å². The Morgan fingerprint density at radius 2 is 2.00 bits per heavy atom. The van der Waals surface area contributed by atoms with Gasteiger partial charge < -0.3 is 5.11 Å². The summed E-state index contributed by atoms with van der Waals surface area (Å²) >= 11 is 0. The van der Waals surface area contributed by atoms with Crippen LogP contribution in [0.1, 0.15) is 29.3 Å². The van der Waals surface area contributed by atoms with Gasteiger partial charge >= 0.3 is 0 Å². The second-order valence-corrected chi connectivity index (χ2v) is 6.19. The molecule has 0 saturated carbocycles. The van der Waals surface area contributed by atoms with Gasteiger partial charge in [-0.2, -0.15) is 5.26 Å². The Balaban J connectivity index is 2.07. The SMILES string of the molecule is CC(=Cc1ccc(C#N)cc1)C(O)(Cc1c[nH]nn1)c1ccc(F)cc1F. The highest BCUT2D eigenvalue weighted by atomic mass is 19.1. The molecule has 0 saturated heterocycles. The molecule has 136 valence electrons. The lowest BCUT2D eigenvalue weighted by Crippen LogP contribution is -2.31. The van der Waals surface area contributed by atoms with Crippen molar-refractivity contribution < 1.29 is 13.9 Å². The zero-order chi connectivity index (χ0) is 19.4. The summed E-state index contributed by atoms with van der Waals surface area (Å²) < 4.78 is 27.8. The van der Waals surface area contributed by atoms with Crippen molar-refractivity contribution in [1.29, 1.82) is 5.26 Å². The van der Waals surface area contributed by atoms with Crippen molar-refractivity contribution in [2.45, 2.75) is 18.9 Å². The molecular weight excluding hydrogens is 350 g/mol. The molecule has 1 unspecified atom stereocenters. The smallest absolute Gasteiger partial charge is 0.132 e. The number of nitriles is 1. The molecule has 0 amide bonds. The number of aliphatic hydroxyl groups is 1. The van der Waals surface area contributed by atoms with Crippen molar-refractivity contribution in [2.24, 2.45) is 0 Å². The number of aromatic nitrogens is 3. The Morgan fingerprint density at radius 1 is 1.26 bits per heavy atom. The lowest BCUT2D eigenvalue weighted by Gasteiger charge is -2.30. The molecule has 5 nitrogen and oxygen atoms in total. The van der Waals surface area contributed by atoms with Crippen molar-refractivity contribution in [3.8, 4) is 6.07 Å². The van der Waals surface area contributed by atoms with E-state index in [-0.39, 0.29) is 12.0 Å². The van der Waals surface area contributed by atoms with Gasteiger partial charge in [0.1, 0.15) is 17.2 Å². The van der Waals surface area contributed by atoms with E-state index in [1.165, 1.54) is 12.3 Å². The standard InChI is InChI=1S/C20H16F2N4O/c1-13(8-14-2-4-15(11-23)5-3-14)20(27,10-17-12-24-26-25-17)18-7-6-16(21)9-19(18)22/h2-9,12,27H,10H2,1H3,(H,24,25,26). The molecule has 0 fully saturated rings. The molecule has 1 heterocycles. The van der Waals surface area contributed by atoms with Crippen LogP contribution in [0.25, 0.3) is 6.08 Å². The minimum atomic E-state index is -1.76. The fourth-order valence-electron chi connectivity index (χ4n) is 2.87. The molecule has 1 atom stereocenters. The highest BCUT2D eigenvalue weighted by molar-refractivity contribution is 5.57. The second kappa shape index (κ2) is 7.48. The van der Waals surface area contributed by atoms with Crippen molar-refractivity contribution >= 4 is 6.08 Å². The largest absolute Gasteiger partial charge is 0.380 e. The average Bonchev–Trinajstić information content (AvgIpc) is 3.15. The van der Waals surface area contributed by atoms with Crippen LogP contribution in [0.4, 0.5) is 8.78 Å². The molecule has 1 aromatic heterocycles. The molecular formula is C20H16F2N4O. The van der Waals surface area contributed by atoms with Crippen molar-refractivity contribution in [3.63, 3.8) is 0 Å². The number of nitrogens with one attached hydrogen (secondary N) is 1. The van der Waals surface area contributed by atoms with Gasteiger partial charge in [-0.25, -0.2) is 8.78 Å². The third-order valence-corrected chi connectivity index (χ3v) is 4.36. The zero-order valence-corrected chi connectivity index (χ0v) is 14.4. The highest BCUT2D eigenvalue weighted by Crippen LogP contribution is 2.35. The van der Waals surface area contributed by atoms with Crippen LogP contribution in [0.2, 0.25) is 0 Å². The fourth-order valence-corrected chi connectivity index (χ4v) is 2.87. The number of halogens is 2. The first kappa shape index (κ1) is 18.4. The fraction of sp³-hybridized carbons (Fsp3) is 0.150. The van der Waals surface area contributed by atoms with Gasteiger partial charge in [0.25, 0.3) is 0 Å². The Kier molecular flexibility index (Phi) is 5.10. The number of rotatable bonds is 5. The molecule has 7 heteroatoms. The van der Waals surface area contributed by atoms with Gasteiger partial charge in [-0.3, -0.25) is 5.10 Å². The van der Waals surface area contributed by atoms with E-state index in [1.54, 1.807) is 37.3 Å². The molecule has 0 radical (unpaired) electrons. The summed E-state index contributed by atoms with van der Waals surface area (Å²) in [5.74, 6) is -1.58. The molecule has 3 aromatic rings. The summed E-state index contributed by atoms with van der Waals surface area (Å²) in [6.45, 7) is 1.65. The molecule has 2 N–H and O–H groups in total. The van der Waals surface area contributed by atoms with E-state index in [9.17, 15) is 13.9 Å².